The van der Waals surface area contributed by atoms with Crippen LogP contribution >= 0.6 is 0 Å². The molecule has 0 aliphatic rings. The van der Waals surface area contributed by atoms with Gasteiger partial charge in [0.15, 0.2) is 6.61 Å². The second-order valence-electron chi connectivity index (χ2n) is 9.09. The molecule has 5 heteroatoms. The van der Waals surface area contributed by atoms with Gasteiger partial charge in [0.25, 0.3) is 5.91 Å². The topological polar surface area (TPSA) is 58.6 Å². The molecule has 3 aromatic rings. The third-order valence-electron chi connectivity index (χ3n) is 6.15. The van der Waals surface area contributed by atoms with Crippen molar-refractivity contribution < 1.29 is 14.3 Å². The summed E-state index contributed by atoms with van der Waals surface area (Å²) in [6.45, 7) is 8.16. The van der Waals surface area contributed by atoms with Crippen molar-refractivity contribution in [2.24, 2.45) is 0 Å². The van der Waals surface area contributed by atoms with Gasteiger partial charge in [-0.2, -0.15) is 0 Å². The lowest BCUT2D eigenvalue weighted by molar-refractivity contribution is -0.143. The first kappa shape index (κ1) is 26.0. The van der Waals surface area contributed by atoms with Crippen LogP contribution in [0.4, 0.5) is 0 Å². The van der Waals surface area contributed by atoms with E-state index in [1.165, 1.54) is 0 Å². The van der Waals surface area contributed by atoms with Crippen molar-refractivity contribution in [3.8, 4) is 5.75 Å². The van der Waals surface area contributed by atoms with Crippen LogP contribution in [-0.4, -0.2) is 35.4 Å². The number of amides is 2. The summed E-state index contributed by atoms with van der Waals surface area (Å²) in [5, 5.41) is 3.09. The molecule has 3 rings (SSSR count). The van der Waals surface area contributed by atoms with E-state index in [4.69, 9.17) is 4.74 Å². The number of carbonyl (C=O) groups excluding carboxylic acids is 2. The van der Waals surface area contributed by atoms with Gasteiger partial charge >= 0.3 is 0 Å². The highest BCUT2D eigenvalue weighted by Crippen LogP contribution is 2.19. The number of hydrogen-bond acceptors (Lipinski definition) is 3. The van der Waals surface area contributed by atoms with Crippen LogP contribution in [0.5, 0.6) is 5.75 Å². The van der Waals surface area contributed by atoms with Crippen molar-refractivity contribution in [1.29, 1.82) is 0 Å². The first-order chi connectivity index (χ1) is 16.9. The third-order valence-corrected chi connectivity index (χ3v) is 6.15. The van der Waals surface area contributed by atoms with Crippen molar-refractivity contribution in [2.45, 2.75) is 59.2 Å². The molecule has 0 fully saturated rings. The first-order valence-electron chi connectivity index (χ1n) is 12.2. The maximum absolute atomic E-state index is 13.6. The summed E-state index contributed by atoms with van der Waals surface area (Å²) in [7, 11) is 0. The predicted molar refractivity (Wildman–Crippen MR) is 140 cm³/mol. The summed E-state index contributed by atoms with van der Waals surface area (Å²) in [5.74, 6) is 0.287. The van der Waals surface area contributed by atoms with Crippen molar-refractivity contribution in [3.63, 3.8) is 0 Å². The molecule has 2 amide bonds. The van der Waals surface area contributed by atoms with E-state index in [-0.39, 0.29) is 24.5 Å². The first-order valence-corrected chi connectivity index (χ1v) is 12.2. The van der Waals surface area contributed by atoms with Crippen molar-refractivity contribution in [2.75, 3.05) is 6.61 Å². The van der Waals surface area contributed by atoms with Gasteiger partial charge in [0.1, 0.15) is 11.8 Å². The second kappa shape index (κ2) is 12.7. The minimum absolute atomic E-state index is 0.0138. The zero-order valence-electron chi connectivity index (χ0n) is 21.2. The molecule has 0 spiro atoms. The summed E-state index contributed by atoms with van der Waals surface area (Å²) in [4.78, 5) is 28.8. The Kier molecular flexibility index (Phi) is 9.47. The van der Waals surface area contributed by atoms with Gasteiger partial charge < -0.3 is 15.0 Å². The van der Waals surface area contributed by atoms with Crippen LogP contribution in [0.1, 0.15) is 42.5 Å². The fourth-order valence-corrected chi connectivity index (χ4v) is 3.94. The third kappa shape index (κ3) is 7.71. The lowest BCUT2D eigenvalue weighted by Gasteiger charge is -2.32. The average molecular weight is 473 g/mol. The van der Waals surface area contributed by atoms with E-state index in [9.17, 15) is 9.59 Å². The largest absolute Gasteiger partial charge is 0.484 e. The molecule has 0 aliphatic carbocycles. The van der Waals surface area contributed by atoms with Gasteiger partial charge in [-0.05, 0) is 49.9 Å². The number of rotatable bonds is 11. The zero-order chi connectivity index (χ0) is 25.2. The van der Waals surface area contributed by atoms with Gasteiger partial charge in [-0.15, -0.1) is 0 Å². The SMILES string of the molecule is CC[C@@H](C)NC(=O)[C@H](Cc1ccccc1)N(Cc1cccc(C)c1)C(=O)COc1ccccc1C. The van der Waals surface area contributed by atoms with Crippen LogP contribution < -0.4 is 10.1 Å². The molecule has 0 unspecified atom stereocenters. The van der Waals surface area contributed by atoms with E-state index in [0.717, 1.165) is 28.7 Å². The Morgan fingerprint density at radius 1 is 0.914 bits per heavy atom. The smallest absolute Gasteiger partial charge is 0.261 e. The van der Waals surface area contributed by atoms with Crippen LogP contribution in [0.3, 0.4) is 0 Å². The summed E-state index contributed by atoms with van der Waals surface area (Å²) in [6, 6.07) is 24.8. The average Bonchev–Trinajstić information content (AvgIpc) is 2.86. The number of para-hydroxylation sites is 1. The van der Waals surface area contributed by atoms with Crippen LogP contribution in [0.15, 0.2) is 78.9 Å². The van der Waals surface area contributed by atoms with Gasteiger partial charge in [0.05, 0.1) is 0 Å². The van der Waals surface area contributed by atoms with Gasteiger partial charge in [-0.25, -0.2) is 0 Å². The number of nitrogens with one attached hydrogen (secondary N) is 1. The fourth-order valence-electron chi connectivity index (χ4n) is 3.94. The Morgan fingerprint density at radius 2 is 1.60 bits per heavy atom. The second-order valence-corrected chi connectivity index (χ2v) is 9.09. The molecule has 0 aliphatic heterocycles. The van der Waals surface area contributed by atoms with Crippen LogP contribution in [0, 0.1) is 13.8 Å². The number of aryl methyl sites for hydroxylation is 2. The molecule has 3 aromatic carbocycles. The standard InChI is InChI=1S/C30H36N2O3/c1-5-24(4)31-30(34)27(19-25-14-7-6-8-15-25)32(20-26-16-11-12-22(2)18-26)29(33)21-35-28-17-10-9-13-23(28)3/h6-18,24,27H,5,19-21H2,1-4H3,(H,31,34)/t24-,27+/m1/s1. The van der Waals surface area contributed by atoms with Gasteiger partial charge in [0, 0.05) is 19.0 Å². The number of carbonyl (C=O) groups is 2. The highest BCUT2D eigenvalue weighted by molar-refractivity contribution is 5.88. The molecular formula is C30H36N2O3. The fraction of sp³-hybridized carbons (Fsp3) is 0.333. The van der Waals surface area contributed by atoms with Gasteiger partial charge in [-0.1, -0.05) is 85.3 Å². The molecule has 0 saturated carbocycles. The summed E-state index contributed by atoms with van der Waals surface area (Å²) in [6.07, 6.45) is 1.23. The number of nitrogens with zero attached hydrogens (tertiary/aromatic N) is 1. The van der Waals surface area contributed by atoms with E-state index in [2.05, 4.69) is 11.4 Å². The van der Waals surface area contributed by atoms with E-state index >= 15 is 0 Å². The van der Waals surface area contributed by atoms with Crippen LogP contribution in [0.2, 0.25) is 0 Å². The van der Waals surface area contributed by atoms with E-state index in [0.29, 0.717) is 18.7 Å². The number of ether oxygens (including phenoxy) is 1. The number of benzene rings is 3. The lowest BCUT2D eigenvalue weighted by atomic mass is 10.0. The highest BCUT2D eigenvalue weighted by Gasteiger charge is 2.31. The maximum Gasteiger partial charge on any atom is 0.261 e. The Balaban J connectivity index is 1.92. The van der Waals surface area contributed by atoms with E-state index in [1.807, 2.05) is 100 Å². The maximum atomic E-state index is 13.6. The Bertz CT molecular complexity index is 1110. The zero-order valence-corrected chi connectivity index (χ0v) is 21.2. The number of hydrogen-bond donors (Lipinski definition) is 1. The minimum atomic E-state index is -0.667. The van der Waals surface area contributed by atoms with Crippen molar-refractivity contribution in [3.05, 3.63) is 101 Å². The van der Waals surface area contributed by atoms with Crippen molar-refractivity contribution in [1.82, 2.24) is 10.2 Å². The molecule has 0 radical (unpaired) electrons. The quantitative estimate of drug-likeness (QED) is 0.415. The highest BCUT2D eigenvalue weighted by atomic mass is 16.5. The summed E-state index contributed by atoms with van der Waals surface area (Å²) in [5.41, 5.74) is 4.04. The molecule has 0 heterocycles. The molecular weight excluding hydrogens is 436 g/mol. The minimum Gasteiger partial charge on any atom is -0.484 e. The van der Waals surface area contributed by atoms with Gasteiger partial charge in [0.2, 0.25) is 5.91 Å². The van der Waals surface area contributed by atoms with E-state index in [1.54, 1.807) is 4.90 Å². The van der Waals surface area contributed by atoms with Gasteiger partial charge in [-0.3, -0.25) is 9.59 Å². The summed E-state index contributed by atoms with van der Waals surface area (Å²) >= 11 is 0. The molecule has 2 atom stereocenters. The Morgan fingerprint density at radius 3 is 2.29 bits per heavy atom. The van der Waals surface area contributed by atoms with E-state index < -0.39 is 6.04 Å². The lowest BCUT2D eigenvalue weighted by Crippen LogP contribution is -2.53. The van der Waals surface area contributed by atoms with Crippen molar-refractivity contribution >= 4 is 11.8 Å². The Labute approximate surface area is 209 Å². The molecule has 35 heavy (non-hydrogen) atoms. The molecule has 1 N–H and O–H groups in total. The monoisotopic (exact) mass is 472 g/mol. The normalized spacial score (nSPS) is 12.5. The van der Waals surface area contributed by atoms with Crippen LogP contribution in [0.25, 0.3) is 0 Å². The van der Waals surface area contributed by atoms with Crippen LogP contribution in [-0.2, 0) is 22.6 Å². The molecule has 184 valence electrons. The molecule has 0 saturated heterocycles. The Hall–Kier alpha value is -3.60. The molecule has 0 aromatic heterocycles. The molecule has 5 nitrogen and oxygen atoms in total. The molecule has 0 bridgehead atoms. The predicted octanol–water partition coefficient (Wildman–Crippen LogP) is 5.24. The summed E-state index contributed by atoms with van der Waals surface area (Å²) < 4.78 is 5.90.